The molecule has 0 saturated heterocycles. The van der Waals surface area contributed by atoms with E-state index in [1.54, 1.807) is 0 Å². The highest BCUT2D eigenvalue weighted by molar-refractivity contribution is 5.64. The molecule has 0 spiro atoms. The average molecular weight is 491 g/mol. The summed E-state index contributed by atoms with van der Waals surface area (Å²) in [7, 11) is 0. The number of benzene rings is 2. The molecule has 0 N–H and O–H groups in total. The first-order chi connectivity index (χ1) is 17.5. The predicted molar refractivity (Wildman–Crippen MR) is 148 cm³/mol. The van der Waals surface area contributed by atoms with Gasteiger partial charge in [0.15, 0.2) is 0 Å². The van der Waals surface area contributed by atoms with Crippen molar-refractivity contribution in [1.82, 2.24) is 0 Å². The Bertz CT molecular complexity index is 930. The Morgan fingerprint density at radius 1 is 0.778 bits per heavy atom. The lowest BCUT2D eigenvalue weighted by Gasteiger charge is -2.36. The van der Waals surface area contributed by atoms with Crippen LogP contribution in [-0.2, 0) is 9.47 Å². The zero-order valence-electron chi connectivity index (χ0n) is 22.8. The van der Waals surface area contributed by atoms with Crippen LogP contribution in [0.1, 0.15) is 121 Å². The highest BCUT2D eigenvalue weighted by atomic mass is 16.7. The minimum atomic E-state index is -0.510. The van der Waals surface area contributed by atoms with E-state index < -0.39 is 11.8 Å². The first kappa shape index (κ1) is 26.8. The van der Waals surface area contributed by atoms with Crippen LogP contribution < -0.4 is 0 Å². The molecule has 2 aliphatic carbocycles. The number of rotatable bonds is 9. The maximum Gasteiger partial charge on any atom is 0.508 e. The second-order valence-electron chi connectivity index (χ2n) is 11.5. The maximum absolute atomic E-state index is 12.0. The molecular weight excluding hydrogens is 444 g/mol. The lowest BCUT2D eigenvalue weighted by atomic mass is 9.76. The van der Waals surface area contributed by atoms with E-state index in [-0.39, 0.29) is 0 Å². The van der Waals surface area contributed by atoms with Gasteiger partial charge in [0.1, 0.15) is 5.60 Å². The maximum atomic E-state index is 12.0. The minimum Gasteiger partial charge on any atom is -0.434 e. The molecule has 0 amide bonds. The summed E-state index contributed by atoms with van der Waals surface area (Å²) in [5.74, 6) is 2.23. The Morgan fingerprint density at radius 3 is 1.81 bits per heavy atom. The van der Waals surface area contributed by atoms with Gasteiger partial charge in [-0.25, -0.2) is 4.79 Å². The highest BCUT2D eigenvalue weighted by Gasteiger charge is 2.35. The first-order valence-electron chi connectivity index (χ1n) is 14.6. The average Bonchev–Trinajstić information content (AvgIpc) is 2.90. The van der Waals surface area contributed by atoms with Gasteiger partial charge in [0.2, 0.25) is 0 Å². The molecule has 3 heteroatoms. The van der Waals surface area contributed by atoms with Gasteiger partial charge in [0, 0.05) is 0 Å². The van der Waals surface area contributed by atoms with Gasteiger partial charge >= 0.3 is 6.16 Å². The molecule has 196 valence electrons. The number of ether oxygens (including phenoxy) is 2. The molecule has 0 atom stereocenters. The van der Waals surface area contributed by atoms with E-state index in [1.807, 2.05) is 6.92 Å². The summed E-state index contributed by atoms with van der Waals surface area (Å²) >= 11 is 0. The molecule has 2 aromatic carbocycles. The molecule has 36 heavy (non-hydrogen) atoms. The molecule has 0 aliphatic heterocycles. The quantitative estimate of drug-likeness (QED) is 0.259. The third-order valence-electron chi connectivity index (χ3n) is 8.73. The zero-order chi connectivity index (χ0) is 25.4. The molecule has 2 aromatic rings. The molecular formula is C33H46O3. The summed E-state index contributed by atoms with van der Waals surface area (Å²) in [6.45, 7) is 6.89. The fourth-order valence-electron chi connectivity index (χ4n) is 6.28. The van der Waals surface area contributed by atoms with Crippen molar-refractivity contribution in [2.24, 2.45) is 5.92 Å². The number of carbonyl (C=O) groups excluding carboxylic acids is 1. The lowest BCUT2D eigenvalue weighted by molar-refractivity contribution is -0.0467. The van der Waals surface area contributed by atoms with Gasteiger partial charge in [0.05, 0.1) is 6.61 Å². The predicted octanol–water partition coefficient (Wildman–Crippen LogP) is 9.80. The van der Waals surface area contributed by atoms with E-state index in [0.29, 0.717) is 12.5 Å². The van der Waals surface area contributed by atoms with E-state index >= 15 is 0 Å². The van der Waals surface area contributed by atoms with E-state index in [2.05, 4.69) is 62.4 Å². The molecule has 2 fully saturated rings. The van der Waals surface area contributed by atoms with Gasteiger partial charge in [-0.15, -0.1) is 0 Å². The third kappa shape index (κ3) is 7.14. The molecule has 0 bridgehead atoms. The summed E-state index contributed by atoms with van der Waals surface area (Å²) in [4.78, 5) is 12.0. The molecule has 2 aliphatic rings. The summed E-state index contributed by atoms with van der Waals surface area (Å²) in [5.41, 5.74) is 5.10. The Morgan fingerprint density at radius 2 is 1.31 bits per heavy atom. The van der Waals surface area contributed by atoms with Gasteiger partial charge < -0.3 is 9.47 Å². The van der Waals surface area contributed by atoms with E-state index in [1.165, 1.54) is 60.8 Å². The van der Waals surface area contributed by atoms with Crippen LogP contribution in [0, 0.1) is 5.92 Å². The normalized spacial score (nSPS) is 26.4. The highest BCUT2D eigenvalue weighted by Crippen LogP contribution is 2.41. The van der Waals surface area contributed by atoms with Crippen molar-refractivity contribution in [2.75, 3.05) is 6.61 Å². The van der Waals surface area contributed by atoms with Crippen molar-refractivity contribution in [2.45, 2.75) is 115 Å². The standard InChI is InChI=1S/C33H46O3/c1-4-6-24-35-32(34)36-33(3)22-20-31(21-23-33)30-18-16-29(17-19-30)28-14-12-27(13-15-28)26-10-8-25(7-5-2)9-11-26/h12-19,25-26,31H,4-11,20-24H2,1-3H3/t25-,26-,31?,33?. The topological polar surface area (TPSA) is 35.5 Å². The first-order valence-corrected chi connectivity index (χ1v) is 14.6. The Labute approximate surface area is 219 Å². The number of carbonyl (C=O) groups is 1. The molecule has 0 heterocycles. The monoisotopic (exact) mass is 490 g/mol. The second-order valence-corrected chi connectivity index (χ2v) is 11.5. The molecule has 0 aromatic heterocycles. The van der Waals surface area contributed by atoms with Gasteiger partial charge in [-0.1, -0.05) is 81.6 Å². The Hall–Kier alpha value is -2.29. The minimum absolute atomic E-state index is 0.406. The van der Waals surface area contributed by atoms with Gasteiger partial charge in [-0.05, 0) is 105 Å². The number of unbranched alkanes of at least 4 members (excludes halogenated alkanes) is 1. The molecule has 0 radical (unpaired) electrons. The molecule has 0 unspecified atom stereocenters. The van der Waals surface area contributed by atoms with Crippen LogP contribution in [0.2, 0.25) is 0 Å². The summed E-state index contributed by atoms with van der Waals surface area (Å²) in [5, 5.41) is 0. The van der Waals surface area contributed by atoms with Crippen LogP contribution in [0.25, 0.3) is 11.1 Å². The van der Waals surface area contributed by atoms with Gasteiger partial charge in [0.25, 0.3) is 0 Å². The van der Waals surface area contributed by atoms with E-state index in [9.17, 15) is 4.79 Å². The fraction of sp³-hybridized carbons (Fsp3) is 0.606. The largest absolute Gasteiger partial charge is 0.508 e. The van der Waals surface area contributed by atoms with Gasteiger partial charge in [-0.3, -0.25) is 0 Å². The van der Waals surface area contributed by atoms with Crippen LogP contribution in [0.4, 0.5) is 4.79 Å². The third-order valence-corrected chi connectivity index (χ3v) is 8.73. The van der Waals surface area contributed by atoms with Crippen LogP contribution in [0.5, 0.6) is 0 Å². The van der Waals surface area contributed by atoms with Crippen LogP contribution >= 0.6 is 0 Å². The van der Waals surface area contributed by atoms with Gasteiger partial charge in [-0.2, -0.15) is 0 Å². The Balaban J connectivity index is 1.28. The SMILES string of the molecule is CCCCOC(=O)OC1(C)CCC(c2ccc(-c3ccc([C@H]4CC[C@H](CCC)CC4)cc3)cc2)CC1. The fourth-order valence-corrected chi connectivity index (χ4v) is 6.28. The van der Waals surface area contributed by atoms with Crippen molar-refractivity contribution in [3.8, 4) is 11.1 Å². The summed E-state index contributed by atoms with van der Waals surface area (Å²) in [6.07, 6.45) is 13.4. The number of hydrogen-bond donors (Lipinski definition) is 0. The second kappa shape index (κ2) is 12.8. The van der Waals surface area contributed by atoms with Crippen molar-refractivity contribution in [3.63, 3.8) is 0 Å². The van der Waals surface area contributed by atoms with Crippen molar-refractivity contribution in [1.29, 1.82) is 0 Å². The van der Waals surface area contributed by atoms with E-state index in [4.69, 9.17) is 9.47 Å². The van der Waals surface area contributed by atoms with Crippen molar-refractivity contribution < 1.29 is 14.3 Å². The molecule has 3 nitrogen and oxygen atoms in total. The Kier molecular flexibility index (Phi) is 9.51. The van der Waals surface area contributed by atoms with Crippen LogP contribution in [0.15, 0.2) is 48.5 Å². The summed E-state index contributed by atoms with van der Waals surface area (Å²) < 4.78 is 10.9. The molecule has 4 rings (SSSR count). The van der Waals surface area contributed by atoms with E-state index in [0.717, 1.165) is 50.4 Å². The zero-order valence-corrected chi connectivity index (χ0v) is 22.8. The smallest absolute Gasteiger partial charge is 0.434 e. The summed E-state index contributed by atoms with van der Waals surface area (Å²) in [6, 6.07) is 18.5. The molecule has 2 saturated carbocycles. The lowest BCUT2D eigenvalue weighted by Crippen LogP contribution is -2.36. The van der Waals surface area contributed by atoms with Crippen LogP contribution in [0.3, 0.4) is 0 Å². The van der Waals surface area contributed by atoms with Crippen LogP contribution in [-0.4, -0.2) is 18.4 Å². The van der Waals surface area contributed by atoms with Crippen molar-refractivity contribution in [3.05, 3.63) is 59.7 Å². The number of hydrogen-bond acceptors (Lipinski definition) is 3. The van der Waals surface area contributed by atoms with Crippen molar-refractivity contribution >= 4 is 6.16 Å².